The summed E-state index contributed by atoms with van der Waals surface area (Å²) in [5.41, 5.74) is 2.03. The average Bonchev–Trinajstić information content (AvgIpc) is 2.46. The molecule has 0 saturated carbocycles. The van der Waals surface area contributed by atoms with E-state index in [1.54, 1.807) is 0 Å². The van der Waals surface area contributed by atoms with Crippen molar-refractivity contribution in [1.29, 1.82) is 0 Å². The third-order valence-corrected chi connectivity index (χ3v) is 3.82. The summed E-state index contributed by atoms with van der Waals surface area (Å²) in [7, 11) is 0. The third kappa shape index (κ3) is 4.19. The molecule has 0 aliphatic carbocycles. The summed E-state index contributed by atoms with van der Waals surface area (Å²) in [5.74, 6) is 0.0639. The van der Waals surface area contributed by atoms with Crippen LogP contribution >= 0.6 is 11.8 Å². The number of aromatic nitrogens is 2. The van der Waals surface area contributed by atoms with Crippen LogP contribution in [0.1, 0.15) is 18.2 Å². The molecule has 1 aromatic heterocycles. The van der Waals surface area contributed by atoms with Crippen molar-refractivity contribution in [3.05, 3.63) is 51.9 Å². The van der Waals surface area contributed by atoms with Crippen LogP contribution in [0.3, 0.4) is 0 Å². The molecule has 21 heavy (non-hydrogen) atoms. The Morgan fingerprint density at radius 1 is 1.33 bits per heavy atom. The topological polar surface area (TPSA) is 74.8 Å². The molecule has 0 aliphatic heterocycles. The molecule has 110 valence electrons. The number of carbonyl (C=O) groups is 1. The second kappa shape index (κ2) is 7.08. The van der Waals surface area contributed by atoms with Gasteiger partial charge in [-0.15, -0.1) is 0 Å². The van der Waals surface area contributed by atoms with Gasteiger partial charge in [-0.2, -0.15) is 0 Å². The van der Waals surface area contributed by atoms with Crippen LogP contribution in [0.4, 0.5) is 5.69 Å². The summed E-state index contributed by atoms with van der Waals surface area (Å²) < 4.78 is 0. The number of rotatable bonds is 5. The predicted molar refractivity (Wildman–Crippen MR) is 84.8 cm³/mol. The zero-order valence-corrected chi connectivity index (χ0v) is 12.8. The van der Waals surface area contributed by atoms with E-state index in [1.165, 1.54) is 11.8 Å². The van der Waals surface area contributed by atoms with Crippen molar-refractivity contribution in [2.45, 2.75) is 25.4 Å². The van der Waals surface area contributed by atoms with Crippen LogP contribution in [-0.4, -0.2) is 21.6 Å². The van der Waals surface area contributed by atoms with Crippen molar-refractivity contribution in [2.24, 2.45) is 0 Å². The van der Waals surface area contributed by atoms with Crippen molar-refractivity contribution in [2.75, 3.05) is 11.1 Å². The largest absolute Gasteiger partial charge is 0.325 e. The highest BCUT2D eigenvalue weighted by Gasteiger charge is 2.09. The first kappa shape index (κ1) is 15.3. The molecule has 2 rings (SSSR count). The van der Waals surface area contributed by atoms with Gasteiger partial charge < -0.3 is 10.3 Å². The first-order valence-corrected chi connectivity index (χ1v) is 7.66. The number of nitrogens with zero attached hydrogens (tertiary/aromatic N) is 1. The van der Waals surface area contributed by atoms with Crippen molar-refractivity contribution in [1.82, 2.24) is 9.97 Å². The number of benzene rings is 1. The van der Waals surface area contributed by atoms with Crippen LogP contribution in [0.2, 0.25) is 0 Å². The number of aryl methyl sites for hydroxylation is 1. The Balaban J connectivity index is 1.97. The number of para-hydroxylation sites is 1. The average molecular weight is 303 g/mol. The lowest BCUT2D eigenvalue weighted by atomic mass is 10.2. The number of nitrogens with one attached hydrogen (secondary N) is 2. The summed E-state index contributed by atoms with van der Waals surface area (Å²) in [6.45, 7) is 3.72. The summed E-state index contributed by atoms with van der Waals surface area (Å²) in [6, 6.07) is 9.24. The van der Waals surface area contributed by atoms with Crippen molar-refractivity contribution in [3.8, 4) is 0 Å². The van der Waals surface area contributed by atoms with E-state index >= 15 is 0 Å². The van der Waals surface area contributed by atoms with Gasteiger partial charge in [0.25, 0.3) is 5.56 Å². The first-order chi connectivity index (χ1) is 10.1. The highest BCUT2D eigenvalue weighted by atomic mass is 32.2. The molecule has 1 heterocycles. The molecule has 6 heteroatoms. The van der Waals surface area contributed by atoms with Crippen LogP contribution in [0.15, 0.2) is 40.3 Å². The minimum atomic E-state index is -0.133. The van der Waals surface area contributed by atoms with Gasteiger partial charge in [0.15, 0.2) is 5.16 Å². The van der Waals surface area contributed by atoms with Gasteiger partial charge in [0, 0.05) is 16.9 Å². The fraction of sp³-hybridized carbons (Fsp3) is 0.267. The number of anilines is 1. The molecule has 1 amide bonds. The number of hydrogen-bond acceptors (Lipinski definition) is 4. The molecule has 0 radical (unpaired) electrons. The van der Waals surface area contributed by atoms with Gasteiger partial charge in [-0.25, -0.2) is 4.98 Å². The third-order valence-electron chi connectivity index (χ3n) is 2.95. The van der Waals surface area contributed by atoms with E-state index in [0.29, 0.717) is 22.8 Å². The van der Waals surface area contributed by atoms with Crippen molar-refractivity contribution < 1.29 is 4.79 Å². The van der Waals surface area contributed by atoms with Gasteiger partial charge in [0.2, 0.25) is 5.91 Å². The summed E-state index contributed by atoms with van der Waals surface area (Å²) in [4.78, 5) is 30.7. The molecule has 2 N–H and O–H groups in total. The highest BCUT2D eigenvalue weighted by Crippen LogP contribution is 2.14. The summed E-state index contributed by atoms with van der Waals surface area (Å²) in [5, 5.41) is 3.25. The zero-order valence-electron chi connectivity index (χ0n) is 12.0. The number of aromatic amines is 1. The monoisotopic (exact) mass is 303 g/mol. The molecule has 0 unspecified atom stereocenters. The predicted octanol–water partition coefficient (Wildman–Crippen LogP) is 2.37. The van der Waals surface area contributed by atoms with Crippen LogP contribution in [0, 0.1) is 6.92 Å². The maximum absolute atomic E-state index is 11.8. The minimum absolute atomic E-state index is 0.129. The second-order valence-electron chi connectivity index (χ2n) is 4.49. The van der Waals surface area contributed by atoms with E-state index in [2.05, 4.69) is 15.3 Å². The first-order valence-electron chi connectivity index (χ1n) is 6.67. The van der Waals surface area contributed by atoms with Crippen LogP contribution in [0.25, 0.3) is 0 Å². The normalized spacial score (nSPS) is 10.4. The lowest BCUT2D eigenvalue weighted by Gasteiger charge is -2.06. The van der Waals surface area contributed by atoms with Gasteiger partial charge in [0.05, 0.1) is 5.75 Å². The van der Waals surface area contributed by atoms with E-state index in [4.69, 9.17) is 0 Å². The Kier molecular flexibility index (Phi) is 5.16. The number of carbonyl (C=O) groups excluding carboxylic acids is 1. The molecule has 0 saturated heterocycles. The zero-order chi connectivity index (χ0) is 15.2. The Labute approximate surface area is 127 Å². The van der Waals surface area contributed by atoms with Crippen LogP contribution in [-0.2, 0) is 11.2 Å². The molecule has 1 aromatic carbocycles. The molecular weight excluding hydrogens is 286 g/mol. The molecule has 0 spiro atoms. The highest BCUT2D eigenvalue weighted by molar-refractivity contribution is 7.99. The number of hydrogen-bond donors (Lipinski definition) is 2. The van der Waals surface area contributed by atoms with E-state index < -0.39 is 0 Å². The lowest BCUT2D eigenvalue weighted by molar-refractivity contribution is -0.113. The Bertz CT molecular complexity index is 683. The van der Waals surface area contributed by atoms with Crippen LogP contribution in [0.5, 0.6) is 0 Å². The SMILES string of the molecule is CCc1c(C)nc(SCC(=O)Nc2ccccc2)[nH]c1=O. The quantitative estimate of drug-likeness (QED) is 0.657. The maximum atomic E-state index is 11.8. The molecule has 5 nitrogen and oxygen atoms in total. The maximum Gasteiger partial charge on any atom is 0.254 e. The van der Waals surface area contributed by atoms with E-state index in [0.717, 1.165) is 5.69 Å². The Morgan fingerprint density at radius 2 is 2.05 bits per heavy atom. The smallest absolute Gasteiger partial charge is 0.254 e. The van der Waals surface area contributed by atoms with Crippen molar-refractivity contribution in [3.63, 3.8) is 0 Å². The fourth-order valence-corrected chi connectivity index (χ4v) is 2.63. The molecule has 2 aromatic rings. The van der Waals surface area contributed by atoms with E-state index in [1.807, 2.05) is 44.2 Å². The van der Waals surface area contributed by atoms with Gasteiger partial charge in [-0.3, -0.25) is 9.59 Å². The second-order valence-corrected chi connectivity index (χ2v) is 5.46. The van der Waals surface area contributed by atoms with Gasteiger partial charge in [-0.1, -0.05) is 36.9 Å². The minimum Gasteiger partial charge on any atom is -0.325 e. The van der Waals surface area contributed by atoms with Gasteiger partial charge in [-0.05, 0) is 25.5 Å². The molecule has 0 aliphatic rings. The summed E-state index contributed by atoms with van der Waals surface area (Å²) in [6.07, 6.45) is 0.646. The number of thioether (sulfide) groups is 1. The molecule has 0 bridgehead atoms. The molecule has 0 atom stereocenters. The number of amides is 1. The number of H-pyrrole nitrogens is 1. The fourth-order valence-electron chi connectivity index (χ4n) is 1.92. The molecule has 0 fully saturated rings. The standard InChI is InChI=1S/C15H17N3O2S/c1-3-12-10(2)16-15(18-14(12)20)21-9-13(19)17-11-7-5-4-6-8-11/h4-8H,3,9H2,1-2H3,(H,17,19)(H,16,18,20). The lowest BCUT2D eigenvalue weighted by Crippen LogP contribution is -2.18. The van der Waals surface area contributed by atoms with Crippen LogP contribution < -0.4 is 10.9 Å². The van der Waals surface area contributed by atoms with Crippen molar-refractivity contribution >= 4 is 23.4 Å². The van der Waals surface area contributed by atoms with E-state index in [-0.39, 0.29) is 17.2 Å². The van der Waals surface area contributed by atoms with Gasteiger partial charge >= 0.3 is 0 Å². The van der Waals surface area contributed by atoms with Gasteiger partial charge in [0.1, 0.15) is 0 Å². The Morgan fingerprint density at radius 3 is 2.67 bits per heavy atom. The van der Waals surface area contributed by atoms with E-state index in [9.17, 15) is 9.59 Å². The summed E-state index contributed by atoms with van der Waals surface area (Å²) >= 11 is 1.22. The Hall–Kier alpha value is -2.08. The molecular formula is C15H17N3O2S.